The standard InChI is InChI=1S/C13H22N4O/c1-4-17-12(6-10(3)15-17)13(18)16-7-9(2)5-11(14)8-16/h6,9,11H,4-5,7-8,14H2,1-3H3. The molecular formula is C13H22N4O. The molecule has 1 aromatic heterocycles. The predicted molar refractivity (Wildman–Crippen MR) is 70.3 cm³/mol. The topological polar surface area (TPSA) is 64.2 Å². The van der Waals surface area contributed by atoms with Crippen molar-refractivity contribution >= 4 is 5.91 Å². The smallest absolute Gasteiger partial charge is 0.272 e. The summed E-state index contributed by atoms with van der Waals surface area (Å²) in [5.74, 6) is 0.524. The van der Waals surface area contributed by atoms with Crippen molar-refractivity contribution in [2.75, 3.05) is 13.1 Å². The molecule has 5 nitrogen and oxygen atoms in total. The Balaban J connectivity index is 2.19. The first kappa shape index (κ1) is 13.1. The van der Waals surface area contributed by atoms with Gasteiger partial charge in [-0.25, -0.2) is 0 Å². The molecule has 0 radical (unpaired) electrons. The summed E-state index contributed by atoms with van der Waals surface area (Å²) < 4.78 is 1.77. The molecule has 1 aliphatic heterocycles. The van der Waals surface area contributed by atoms with E-state index < -0.39 is 0 Å². The van der Waals surface area contributed by atoms with Gasteiger partial charge in [0.2, 0.25) is 0 Å². The summed E-state index contributed by atoms with van der Waals surface area (Å²) >= 11 is 0. The quantitative estimate of drug-likeness (QED) is 0.852. The van der Waals surface area contributed by atoms with Crippen molar-refractivity contribution in [3.8, 4) is 0 Å². The molecule has 2 atom stereocenters. The lowest BCUT2D eigenvalue weighted by atomic mass is 9.96. The fourth-order valence-corrected chi connectivity index (χ4v) is 2.69. The lowest BCUT2D eigenvalue weighted by Crippen LogP contribution is -2.49. The summed E-state index contributed by atoms with van der Waals surface area (Å²) in [4.78, 5) is 14.4. The number of amides is 1. The third kappa shape index (κ3) is 2.56. The minimum absolute atomic E-state index is 0.0550. The van der Waals surface area contributed by atoms with Gasteiger partial charge in [-0.05, 0) is 32.3 Å². The van der Waals surface area contributed by atoms with Crippen LogP contribution in [0.3, 0.4) is 0 Å². The number of hydrogen-bond acceptors (Lipinski definition) is 3. The van der Waals surface area contributed by atoms with Crippen LogP contribution in [0.5, 0.6) is 0 Å². The number of aryl methyl sites for hydroxylation is 2. The average Bonchev–Trinajstić information content (AvgIpc) is 2.68. The minimum atomic E-state index is 0.0550. The van der Waals surface area contributed by atoms with E-state index in [0.29, 0.717) is 24.7 Å². The number of carbonyl (C=O) groups is 1. The zero-order valence-corrected chi connectivity index (χ0v) is 11.4. The Labute approximate surface area is 108 Å². The van der Waals surface area contributed by atoms with Crippen LogP contribution in [0.25, 0.3) is 0 Å². The maximum atomic E-state index is 12.5. The lowest BCUT2D eigenvalue weighted by Gasteiger charge is -2.34. The molecule has 1 saturated heterocycles. The summed E-state index contributed by atoms with van der Waals surface area (Å²) in [5.41, 5.74) is 7.55. The molecule has 2 rings (SSSR count). The van der Waals surface area contributed by atoms with E-state index in [4.69, 9.17) is 5.73 Å². The van der Waals surface area contributed by atoms with Crippen molar-refractivity contribution in [1.29, 1.82) is 0 Å². The van der Waals surface area contributed by atoms with Crippen LogP contribution in [-0.2, 0) is 6.54 Å². The van der Waals surface area contributed by atoms with Gasteiger partial charge in [0.25, 0.3) is 5.91 Å². The number of rotatable bonds is 2. The van der Waals surface area contributed by atoms with Crippen molar-refractivity contribution in [1.82, 2.24) is 14.7 Å². The van der Waals surface area contributed by atoms with Gasteiger partial charge < -0.3 is 10.6 Å². The normalized spacial score (nSPS) is 24.3. The largest absolute Gasteiger partial charge is 0.336 e. The summed E-state index contributed by atoms with van der Waals surface area (Å²) in [5, 5.41) is 4.32. The molecule has 2 N–H and O–H groups in total. The monoisotopic (exact) mass is 250 g/mol. The van der Waals surface area contributed by atoms with Crippen LogP contribution in [0.1, 0.15) is 36.5 Å². The van der Waals surface area contributed by atoms with Crippen LogP contribution < -0.4 is 5.73 Å². The average molecular weight is 250 g/mol. The molecule has 2 unspecified atom stereocenters. The van der Waals surface area contributed by atoms with Gasteiger partial charge in [0.05, 0.1) is 5.69 Å². The van der Waals surface area contributed by atoms with Crippen LogP contribution in [0, 0.1) is 12.8 Å². The van der Waals surface area contributed by atoms with Crippen molar-refractivity contribution in [2.24, 2.45) is 11.7 Å². The van der Waals surface area contributed by atoms with E-state index in [1.165, 1.54) is 0 Å². The Morgan fingerprint density at radius 1 is 1.56 bits per heavy atom. The Morgan fingerprint density at radius 2 is 2.28 bits per heavy atom. The van der Waals surface area contributed by atoms with Gasteiger partial charge in [0, 0.05) is 25.7 Å². The lowest BCUT2D eigenvalue weighted by molar-refractivity contribution is 0.0648. The van der Waals surface area contributed by atoms with Crippen LogP contribution >= 0.6 is 0 Å². The van der Waals surface area contributed by atoms with Crippen LogP contribution in [0.4, 0.5) is 0 Å². The first-order valence-electron chi connectivity index (χ1n) is 6.60. The highest BCUT2D eigenvalue weighted by atomic mass is 16.2. The van der Waals surface area contributed by atoms with Crippen LogP contribution in [-0.4, -0.2) is 39.7 Å². The molecule has 18 heavy (non-hydrogen) atoms. The third-order valence-electron chi connectivity index (χ3n) is 3.40. The Bertz CT molecular complexity index is 430. The first-order chi connectivity index (χ1) is 8.51. The summed E-state index contributed by atoms with van der Waals surface area (Å²) in [6.07, 6.45) is 0.996. The molecule has 2 heterocycles. The number of carbonyl (C=O) groups excluding carboxylic acids is 1. The Kier molecular flexibility index (Phi) is 3.71. The van der Waals surface area contributed by atoms with Crippen molar-refractivity contribution < 1.29 is 4.79 Å². The van der Waals surface area contributed by atoms with Crippen molar-refractivity contribution in [3.63, 3.8) is 0 Å². The number of nitrogens with two attached hydrogens (primary N) is 1. The third-order valence-corrected chi connectivity index (χ3v) is 3.40. The van der Waals surface area contributed by atoms with Gasteiger partial charge in [-0.3, -0.25) is 9.48 Å². The van der Waals surface area contributed by atoms with Gasteiger partial charge in [0.1, 0.15) is 5.69 Å². The van der Waals surface area contributed by atoms with Crippen LogP contribution in [0.2, 0.25) is 0 Å². The fraction of sp³-hybridized carbons (Fsp3) is 0.692. The van der Waals surface area contributed by atoms with E-state index in [-0.39, 0.29) is 11.9 Å². The van der Waals surface area contributed by atoms with E-state index >= 15 is 0 Å². The predicted octanol–water partition coefficient (Wildman–Crippen LogP) is 1.02. The van der Waals surface area contributed by atoms with Crippen LogP contribution in [0.15, 0.2) is 6.07 Å². The highest BCUT2D eigenvalue weighted by Gasteiger charge is 2.28. The van der Waals surface area contributed by atoms with Crippen molar-refractivity contribution in [3.05, 3.63) is 17.5 Å². The zero-order chi connectivity index (χ0) is 13.3. The van der Waals surface area contributed by atoms with E-state index in [1.807, 2.05) is 24.8 Å². The number of likely N-dealkylation sites (tertiary alicyclic amines) is 1. The van der Waals surface area contributed by atoms with E-state index in [1.54, 1.807) is 4.68 Å². The molecule has 0 aliphatic carbocycles. The van der Waals surface area contributed by atoms with Gasteiger partial charge in [-0.1, -0.05) is 6.92 Å². The number of aromatic nitrogens is 2. The molecule has 1 aliphatic rings. The Morgan fingerprint density at radius 3 is 2.89 bits per heavy atom. The molecule has 1 fully saturated rings. The van der Waals surface area contributed by atoms with E-state index in [2.05, 4.69) is 12.0 Å². The number of hydrogen-bond donors (Lipinski definition) is 1. The highest BCUT2D eigenvalue weighted by molar-refractivity contribution is 5.92. The fourth-order valence-electron chi connectivity index (χ4n) is 2.69. The molecule has 0 saturated carbocycles. The molecule has 1 amide bonds. The number of piperidine rings is 1. The van der Waals surface area contributed by atoms with E-state index in [9.17, 15) is 4.79 Å². The maximum absolute atomic E-state index is 12.5. The van der Waals surface area contributed by atoms with Gasteiger partial charge in [-0.15, -0.1) is 0 Å². The van der Waals surface area contributed by atoms with E-state index in [0.717, 1.165) is 18.7 Å². The van der Waals surface area contributed by atoms with Gasteiger partial charge in [-0.2, -0.15) is 5.10 Å². The highest BCUT2D eigenvalue weighted by Crippen LogP contribution is 2.18. The molecule has 5 heteroatoms. The van der Waals surface area contributed by atoms with Crippen molar-refractivity contribution in [2.45, 2.75) is 39.8 Å². The maximum Gasteiger partial charge on any atom is 0.272 e. The molecule has 0 aromatic carbocycles. The summed E-state index contributed by atoms with van der Waals surface area (Å²) in [7, 11) is 0. The molecular weight excluding hydrogens is 228 g/mol. The molecule has 1 aromatic rings. The van der Waals surface area contributed by atoms with Gasteiger partial charge in [0.15, 0.2) is 0 Å². The molecule has 100 valence electrons. The summed E-state index contributed by atoms with van der Waals surface area (Å²) in [6.45, 7) is 8.20. The zero-order valence-electron chi connectivity index (χ0n) is 11.4. The molecule has 0 spiro atoms. The second-order valence-corrected chi connectivity index (χ2v) is 5.30. The molecule has 0 bridgehead atoms. The summed E-state index contributed by atoms with van der Waals surface area (Å²) in [6, 6.07) is 1.95. The first-order valence-corrected chi connectivity index (χ1v) is 6.60. The number of nitrogens with zero attached hydrogens (tertiary/aromatic N) is 3. The SMILES string of the molecule is CCn1nc(C)cc1C(=O)N1CC(C)CC(N)C1. The Hall–Kier alpha value is -1.36. The second-order valence-electron chi connectivity index (χ2n) is 5.30. The van der Waals surface area contributed by atoms with Gasteiger partial charge >= 0.3 is 0 Å². The minimum Gasteiger partial charge on any atom is -0.336 e. The second kappa shape index (κ2) is 5.10.